The Morgan fingerprint density at radius 2 is 2.16 bits per heavy atom. The normalized spacial score (nSPS) is 10.2. The number of aromatic nitrogens is 2. The van der Waals surface area contributed by atoms with Crippen LogP contribution in [0.3, 0.4) is 0 Å². The number of hydrogen-bond donors (Lipinski definition) is 3. The van der Waals surface area contributed by atoms with Crippen molar-refractivity contribution < 1.29 is 19.1 Å². The Hall–Kier alpha value is -2.70. The molecule has 0 saturated carbocycles. The molecule has 0 aliphatic rings. The molecule has 1 heterocycles. The molecule has 6 nitrogen and oxygen atoms in total. The van der Waals surface area contributed by atoms with Crippen LogP contribution in [0.25, 0.3) is 0 Å². The van der Waals surface area contributed by atoms with E-state index in [0.29, 0.717) is 11.3 Å². The number of rotatable bonds is 3. The van der Waals surface area contributed by atoms with E-state index in [2.05, 4.69) is 15.3 Å². The van der Waals surface area contributed by atoms with Gasteiger partial charge in [-0.2, -0.15) is 0 Å². The zero-order chi connectivity index (χ0) is 14.0. The highest BCUT2D eigenvalue weighted by atomic mass is 19.1. The molecular formula is C12H10FN3O3. The number of hydrogen-bond acceptors (Lipinski definition) is 3. The van der Waals surface area contributed by atoms with Crippen LogP contribution in [0.5, 0.6) is 0 Å². The molecule has 3 N–H and O–H groups in total. The summed E-state index contributed by atoms with van der Waals surface area (Å²) in [6, 6.07) is 4.04. The molecule has 0 aliphatic carbocycles. The van der Waals surface area contributed by atoms with Crippen LogP contribution in [0.2, 0.25) is 0 Å². The van der Waals surface area contributed by atoms with Gasteiger partial charge in [0.25, 0.3) is 5.91 Å². The third-order valence-corrected chi connectivity index (χ3v) is 2.48. The van der Waals surface area contributed by atoms with E-state index in [0.717, 1.165) is 6.33 Å². The van der Waals surface area contributed by atoms with E-state index < -0.39 is 11.9 Å². The van der Waals surface area contributed by atoms with Crippen molar-refractivity contribution in [3.63, 3.8) is 0 Å². The van der Waals surface area contributed by atoms with E-state index in [-0.39, 0.29) is 17.2 Å². The van der Waals surface area contributed by atoms with Crippen molar-refractivity contribution in [2.45, 2.75) is 6.92 Å². The van der Waals surface area contributed by atoms with Crippen molar-refractivity contribution in [3.05, 3.63) is 47.3 Å². The van der Waals surface area contributed by atoms with E-state index in [1.54, 1.807) is 6.92 Å². The van der Waals surface area contributed by atoms with Crippen molar-refractivity contribution >= 4 is 17.6 Å². The summed E-state index contributed by atoms with van der Waals surface area (Å²) in [5.74, 6) is -2.34. The standard InChI is InChI=1S/C12H10FN3O3/c1-6-4-7(2-3-8(6)13)16-11(17)9-10(12(18)19)15-5-14-9/h2-5H,1H3,(H,14,15)(H,16,17)(H,18,19). The molecule has 0 atom stereocenters. The van der Waals surface area contributed by atoms with Gasteiger partial charge in [-0.05, 0) is 30.7 Å². The van der Waals surface area contributed by atoms with Crippen LogP contribution in [0.4, 0.5) is 10.1 Å². The van der Waals surface area contributed by atoms with Gasteiger partial charge < -0.3 is 15.4 Å². The third kappa shape index (κ3) is 2.59. The van der Waals surface area contributed by atoms with Crippen LogP contribution < -0.4 is 5.32 Å². The monoisotopic (exact) mass is 263 g/mol. The molecule has 0 bridgehead atoms. The Bertz CT molecular complexity index is 651. The van der Waals surface area contributed by atoms with Gasteiger partial charge in [0.1, 0.15) is 5.82 Å². The van der Waals surface area contributed by atoms with Gasteiger partial charge in [-0.3, -0.25) is 4.79 Å². The average molecular weight is 263 g/mol. The Balaban J connectivity index is 2.23. The lowest BCUT2D eigenvalue weighted by Gasteiger charge is -2.05. The van der Waals surface area contributed by atoms with Gasteiger partial charge in [0.15, 0.2) is 11.4 Å². The van der Waals surface area contributed by atoms with E-state index in [9.17, 15) is 14.0 Å². The predicted octanol–water partition coefficient (Wildman–Crippen LogP) is 1.81. The summed E-state index contributed by atoms with van der Waals surface area (Å²) in [6.07, 6.45) is 1.12. The van der Waals surface area contributed by atoms with Crippen LogP contribution in [-0.2, 0) is 0 Å². The quantitative estimate of drug-likeness (QED) is 0.787. The summed E-state index contributed by atoms with van der Waals surface area (Å²) in [4.78, 5) is 28.7. The minimum absolute atomic E-state index is 0.227. The summed E-state index contributed by atoms with van der Waals surface area (Å²) in [5, 5.41) is 11.3. The Morgan fingerprint density at radius 3 is 2.79 bits per heavy atom. The number of H-pyrrole nitrogens is 1. The number of halogens is 1. The summed E-state index contributed by atoms with van der Waals surface area (Å²) in [6.45, 7) is 1.56. The Labute approximate surface area is 107 Å². The first-order chi connectivity index (χ1) is 8.99. The number of aryl methyl sites for hydroxylation is 1. The molecule has 98 valence electrons. The van der Waals surface area contributed by atoms with Crippen LogP contribution in [0.1, 0.15) is 26.5 Å². The second kappa shape index (κ2) is 4.89. The lowest BCUT2D eigenvalue weighted by molar-refractivity contribution is 0.0686. The largest absolute Gasteiger partial charge is 0.477 e. The van der Waals surface area contributed by atoms with E-state index >= 15 is 0 Å². The van der Waals surface area contributed by atoms with Crippen LogP contribution in [-0.4, -0.2) is 27.0 Å². The van der Waals surface area contributed by atoms with E-state index in [1.165, 1.54) is 18.2 Å². The average Bonchev–Trinajstić information content (AvgIpc) is 2.83. The van der Waals surface area contributed by atoms with Crippen molar-refractivity contribution in [1.29, 1.82) is 0 Å². The highest BCUT2D eigenvalue weighted by Gasteiger charge is 2.19. The van der Waals surface area contributed by atoms with Gasteiger partial charge in [-0.15, -0.1) is 0 Å². The minimum Gasteiger partial charge on any atom is -0.477 e. The zero-order valence-corrected chi connectivity index (χ0v) is 9.90. The second-order valence-electron chi connectivity index (χ2n) is 3.85. The Morgan fingerprint density at radius 1 is 1.42 bits per heavy atom. The van der Waals surface area contributed by atoms with Gasteiger partial charge in [-0.1, -0.05) is 0 Å². The van der Waals surface area contributed by atoms with Crippen LogP contribution >= 0.6 is 0 Å². The second-order valence-corrected chi connectivity index (χ2v) is 3.85. The van der Waals surface area contributed by atoms with Crippen LogP contribution in [0, 0.1) is 12.7 Å². The number of aromatic carboxylic acids is 1. The third-order valence-electron chi connectivity index (χ3n) is 2.48. The number of benzene rings is 1. The van der Waals surface area contributed by atoms with Crippen molar-refractivity contribution in [2.75, 3.05) is 5.32 Å². The maximum Gasteiger partial charge on any atom is 0.354 e. The number of nitrogens with zero attached hydrogens (tertiary/aromatic N) is 1. The number of carbonyl (C=O) groups is 2. The van der Waals surface area contributed by atoms with Gasteiger partial charge in [0, 0.05) is 5.69 Å². The number of anilines is 1. The number of amides is 1. The fraction of sp³-hybridized carbons (Fsp3) is 0.0833. The molecule has 1 aromatic carbocycles. The first-order valence-corrected chi connectivity index (χ1v) is 5.33. The van der Waals surface area contributed by atoms with Gasteiger partial charge in [-0.25, -0.2) is 14.2 Å². The summed E-state index contributed by atoms with van der Waals surface area (Å²) < 4.78 is 13.1. The maximum absolute atomic E-state index is 13.1. The number of nitrogens with one attached hydrogen (secondary N) is 2. The summed E-state index contributed by atoms with van der Waals surface area (Å²) in [5.41, 5.74) is 0.215. The topological polar surface area (TPSA) is 95.1 Å². The van der Waals surface area contributed by atoms with Gasteiger partial charge in [0.05, 0.1) is 6.33 Å². The molecule has 0 aliphatic heterocycles. The number of imidazole rings is 1. The molecule has 2 rings (SSSR count). The predicted molar refractivity (Wildman–Crippen MR) is 64.6 cm³/mol. The highest BCUT2D eigenvalue weighted by molar-refractivity contribution is 6.08. The van der Waals surface area contributed by atoms with Gasteiger partial charge >= 0.3 is 5.97 Å². The molecule has 0 fully saturated rings. The molecule has 19 heavy (non-hydrogen) atoms. The van der Waals surface area contributed by atoms with Gasteiger partial charge in [0.2, 0.25) is 0 Å². The maximum atomic E-state index is 13.1. The molecule has 0 saturated heterocycles. The Kier molecular flexibility index (Phi) is 3.28. The zero-order valence-electron chi connectivity index (χ0n) is 9.90. The highest BCUT2D eigenvalue weighted by Crippen LogP contribution is 2.15. The number of carbonyl (C=O) groups excluding carboxylic acids is 1. The molecule has 1 amide bonds. The molecular weight excluding hydrogens is 253 g/mol. The summed E-state index contributed by atoms with van der Waals surface area (Å²) in [7, 11) is 0. The lowest BCUT2D eigenvalue weighted by atomic mass is 10.2. The van der Waals surface area contributed by atoms with E-state index in [4.69, 9.17) is 5.11 Å². The molecule has 0 spiro atoms. The number of carboxylic acid groups (broad SMARTS) is 1. The van der Waals surface area contributed by atoms with Crippen molar-refractivity contribution in [1.82, 2.24) is 9.97 Å². The molecule has 0 unspecified atom stereocenters. The van der Waals surface area contributed by atoms with E-state index in [1.807, 2.05) is 0 Å². The fourth-order valence-electron chi connectivity index (χ4n) is 1.54. The molecule has 7 heteroatoms. The molecule has 0 radical (unpaired) electrons. The molecule has 1 aromatic heterocycles. The molecule has 2 aromatic rings. The fourth-order valence-corrected chi connectivity index (χ4v) is 1.54. The van der Waals surface area contributed by atoms with Crippen LogP contribution in [0.15, 0.2) is 24.5 Å². The lowest BCUT2D eigenvalue weighted by Crippen LogP contribution is -2.16. The SMILES string of the molecule is Cc1cc(NC(=O)c2nc[nH]c2C(=O)O)ccc1F. The first kappa shape index (κ1) is 12.7. The number of carboxylic acids is 1. The van der Waals surface area contributed by atoms with Crippen molar-refractivity contribution in [2.24, 2.45) is 0 Å². The smallest absolute Gasteiger partial charge is 0.354 e. The van der Waals surface area contributed by atoms with Crippen molar-refractivity contribution in [3.8, 4) is 0 Å². The number of aromatic amines is 1. The minimum atomic E-state index is -1.28. The summed E-state index contributed by atoms with van der Waals surface area (Å²) >= 11 is 0. The first-order valence-electron chi connectivity index (χ1n) is 5.33.